The molecule has 0 spiro atoms. The van der Waals surface area contributed by atoms with Crippen molar-refractivity contribution < 1.29 is 9.53 Å². The van der Waals surface area contributed by atoms with Gasteiger partial charge in [-0.25, -0.2) is 4.79 Å². The average molecular weight is 191 g/mol. The van der Waals surface area contributed by atoms with Crippen LogP contribution in [-0.4, -0.2) is 29.2 Å². The van der Waals surface area contributed by atoms with Crippen LogP contribution in [0.2, 0.25) is 0 Å². The predicted octanol–water partition coefficient (Wildman–Crippen LogP) is 0.539. The highest BCUT2D eigenvalue weighted by Gasteiger charge is 2.26. The molecule has 0 aliphatic carbocycles. The van der Waals surface area contributed by atoms with E-state index in [0.29, 0.717) is 10.9 Å². The van der Waals surface area contributed by atoms with E-state index in [1.165, 1.54) is 11.8 Å². The molecule has 1 fully saturated rings. The Balaban J connectivity index is 2.36. The lowest BCUT2D eigenvalue weighted by Gasteiger charge is -2.08. The first-order valence-corrected chi connectivity index (χ1v) is 4.88. The van der Waals surface area contributed by atoms with Crippen molar-refractivity contribution in [3.05, 3.63) is 0 Å². The monoisotopic (exact) mass is 191 g/mol. The molecule has 0 amide bonds. The maximum absolute atomic E-state index is 10.9. The van der Waals surface area contributed by atoms with Crippen LogP contribution in [0.4, 0.5) is 0 Å². The number of ether oxygens (including phenoxy) is 1. The smallest absolute Gasteiger partial charge is 0.328 e. The third-order valence-electron chi connectivity index (χ3n) is 1.41. The molecule has 0 radical (unpaired) electrons. The summed E-state index contributed by atoms with van der Waals surface area (Å²) in [6.45, 7) is 0.507. The van der Waals surface area contributed by atoms with Crippen LogP contribution in [-0.2, 0) is 9.53 Å². The van der Waals surface area contributed by atoms with Crippen LogP contribution in [0.3, 0.4) is 0 Å². The predicted molar refractivity (Wildman–Crippen MR) is 48.6 cm³/mol. The van der Waals surface area contributed by atoms with E-state index in [1.54, 1.807) is 0 Å². The lowest BCUT2D eigenvalue weighted by molar-refractivity contribution is -0.139. The number of carbonyl (C=O) groups excluding carboxylic acids is 1. The number of hydrogen-bond acceptors (Lipinski definition) is 4. The van der Waals surface area contributed by atoms with Crippen LogP contribution in [0.25, 0.3) is 0 Å². The average Bonchev–Trinajstić information content (AvgIpc) is 2.37. The van der Waals surface area contributed by atoms with Gasteiger partial charge in [0, 0.05) is 6.42 Å². The molecule has 0 aromatic heterocycles. The van der Waals surface area contributed by atoms with Gasteiger partial charge in [-0.1, -0.05) is 12.2 Å². The second-order valence-electron chi connectivity index (χ2n) is 2.14. The van der Waals surface area contributed by atoms with E-state index in [-0.39, 0.29) is 12.0 Å². The molecule has 1 saturated heterocycles. The number of hydrogen-bond donors (Lipinski definition) is 1. The summed E-state index contributed by atoms with van der Waals surface area (Å²) in [5, 5.41) is 2.90. The van der Waals surface area contributed by atoms with Gasteiger partial charge < -0.3 is 10.1 Å². The van der Waals surface area contributed by atoms with Crippen molar-refractivity contribution in [1.29, 1.82) is 0 Å². The Labute approximate surface area is 74.9 Å². The number of carbonyl (C=O) groups is 1. The van der Waals surface area contributed by atoms with Gasteiger partial charge in [-0.05, 0) is 6.26 Å². The van der Waals surface area contributed by atoms with Crippen molar-refractivity contribution in [2.75, 3.05) is 12.9 Å². The molecule has 62 valence electrons. The Morgan fingerprint density at radius 2 is 2.64 bits per heavy atom. The van der Waals surface area contributed by atoms with Crippen molar-refractivity contribution in [2.24, 2.45) is 0 Å². The quantitative estimate of drug-likeness (QED) is 0.484. The van der Waals surface area contributed by atoms with E-state index in [2.05, 4.69) is 5.32 Å². The molecule has 0 unspecified atom stereocenters. The summed E-state index contributed by atoms with van der Waals surface area (Å²) in [6.07, 6.45) is 2.59. The van der Waals surface area contributed by atoms with E-state index in [9.17, 15) is 4.79 Å². The zero-order valence-electron chi connectivity index (χ0n) is 6.12. The fraction of sp³-hybridized carbons (Fsp3) is 0.667. The Hall–Kier alpha value is -0.290. The van der Waals surface area contributed by atoms with E-state index < -0.39 is 0 Å². The third-order valence-corrected chi connectivity index (χ3v) is 2.52. The Morgan fingerprint density at radius 1 is 1.91 bits per heavy atom. The van der Waals surface area contributed by atoms with Crippen LogP contribution in [0, 0.1) is 0 Å². The molecule has 1 rings (SSSR count). The Kier molecular flexibility index (Phi) is 3.14. The van der Waals surface area contributed by atoms with Crippen molar-refractivity contribution in [2.45, 2.75) is 12.5 Å². The van der Waals surface area contributed by atoms with Gasteiger partial charge in [-0.2, -0.15) is 0 Å². The van der Waals surface area contributed by atoms with Crippen LogP contribution in [0.5, 0.6) is 0 Å². The van der Waals surface area contributed by atoms with Gasteiger partial charge in [-0.15, -0.1) is 11.8 Å². The summed E-state index contributed by atoms with van der Waals surface area (Å²) in [5.74, 6) is -0.193. The fourth-order valence-corrected chi connectivity index (χ4v) is 1.23. The first-order valence-electron chi connectivity index (χ1n) is 3.25. The SMILES string of the molecule is CSC(=S)N[C@H]1CCOC1=O. The standard InChI is InChI=1S/C6H9NO2S2/c1-11-6(10)7-4-2-3-9-5(4)8/h4H,2-3H2,1H3,(H,7,10)/t4-/m0/s1. The highest BCUT2D eigenvalue weighted by atomic mass is 32.2. The number of nitrogens with one attached hydrogen (secondary N) is 1. The largest absolute Gasteiger partial charge is 0.464 e. The van der Waals surface area contributed by atoms with Crippen LogP contribution < -0.4 is 5.32 Å². The van der Waals surface area contributed by atoms with E-state index in [0.717, 1.165) is 6.42 Å². The normalized spacial score (nSPS) is 23.0. The van der Waals surface area contributed by atoms with Gasteiger partial charge in [0.1, 0.15) is 10.4 Å². The highest BCUT2D eigenvalue weighted by Crippen LogP contribution is 2.07. The number of esters is 1. The van der Waals surface area contributed by atoms with E-state index >= 15 is 0 Å². The first-order chi connectivity index (χ1) is 5.24. The molecule has 0 aromatic rings. The van der Waals surface area contributed by atoms with Crippen LogP contribution in [0.1, 0.15) is 6.42 Å². The third kappa shape index (κ3) is 2.34. The summed E-state index contributed by atoms with van der Waals surface area (Å²) < 4.78 is 5.39. The molecule has 0 bridgehead atoms. The van der Waals surface area contributed by atoms with Crippen LogP contribution in [0.15, 0.2) is 0 Å². The molecule has 1 N–H and O–H groups in total. The van der Waals surface area contributed by atoms with Crippen molar-refractivity contribution in [3.8, 4) is 0 Å². The van der Waals surface area contributed by atoms with Crippen molar-refractivity contribution in [3.63, 3.8) is 0 Å². The number of cyclic esters (lactones) is 1. The van der Waals surface area contributed by atoms with E-state index in [4.69, 9.17) is 17.0 Å². The van der Waals surface area contributed by atoms with Gasteiger partial charge >= 0.3 is 5.97 Å². The number of rotatable bonds is 1. The zero-order chi connectivity index (χ0) is 8.27. The zero-order valence-corrected chi connectivity index (χ0v) is 7.76. The first kappa shape index (κ1) is 8.80. The Morgan fingerprint density at radius 3 is 3.09 bits per heavy atom. The maximum Gasteiger partial charge on any atom is 0.328 e. The van der Waals surface area contributed by atoms with Crippen LogP contribution >= 0.6 is 24.0 Å². The molecule has 1 aliphatic rings. The Bertz CT molecular complexity index is 183. The highest BCUT2D eigenvalue weighted by molar-refractivity contribution is 8.22. The summed E-state index contributed by atoms with van der Waals surface area (Å²) in [5.41, 5.74) is 0. The molecule has 1 heterocycles. The molecular formula is C6H9NO2S2. The van der Waals surface area contributed by atoms with Crippen molar-refractivity contribution in [1.82, 2.24) is 5.32 Å². The second kappa shape index (κ2) is 3.92. The molecule has 3 nitrogen and oxygen atoms in total. The minimum atomic E-state index is -0.213. The minimum Gasteiger partial charge on any atom is -0.464 e. The number of thiocarbonyl (C=S) groups is 1. The summed E-state index contributed by atoms with van der Waals surface area (Å²) >= 11 is 6.32. The number of thioether (sulfide) groups is 1. The summed E-state index contributed by atoms with van der Waals surface area (Å²) in [6, 6.07) is -0.213. The lowest BCUT2D eigenvalue weighted by Crippen LogP contribution is -2.35. The molecular weight excluding hydrogens is 182 g/mol. The second-order valence-corrected chi connectivity index (χ2v) is 3.63. The van der Waals surface area contributed by atoms with Gasteiger partial charge in [0.15, 0.2) is 0 Å². The molecule has 1 atom stereocenters. The van der Waals surface area contributed by atoms with Gasteiger partial charge in [0.05, 0.1) is 6.61 Å². The summed E-state index contributed by atoms with van der Waals surface area (Å²) in [4.78, 5) is 10.9. The molecule has 1 aliphatic heterocycles. The fourth-order valence-electron chi connectivity index (χ4n) is 0.828. The van der Waals surface area contributed by atoms with Gasteiger partial charge in [0.2, 0.25) is 0 Å². The maximum atomic E-state index is 10.9. The minimum absolute atomic E-state index is 0.193. The van der Waals surface area contributed by atoms with Crippen molar-refractivity contribution >= 4 is 34.3 Å². The van der Waals surface area contributed by atoms with Gasteiger partial charge in [0.25, 0.3) is 0 Å². The molecule has 0 saturated carbocycles. The molecule has 0 aromatic carbocycles. The van der Waals surface area contributed by atoms with Gasteiger partial charge in [-0.3, -0.25) is 0 Å². The molecule has 11 heavy (non-hydrogen) atoms. The summed E-state index contributed by atoms with van der Waals surface area (Å²) in [7, 11) is 0. The molecule has 5 heteroatoms. The topological polar surface area (TPSA) is 38.3 Å². The van der Waals surface area contributed by atoms with E-state index in [1.807, 2.05) is 6.26 Å². The lowest BCUT2D eigenvalue weighted by atomic mass is 10.3.